The van der Waals surface area contributed by atoms with Crippen LogP contribution in [0.1, 0.15) is 32.8 Å². The van der Waals surface area contributed by atoms with E-state index in [1.54, 1.807) is 35.3 Å². The van der Waals surface area contributed by atoms with Crippen LogP contribution in [0.15, 0.2) is 42.9 Å². The third kappa shape index (κ3) is 3.32. The molecule has 1 aliphatic heterocycles. The predicted molar refractivity (Wildman–Crippen MR) is 120 cm³/mol. The van der Waals surface area contributed by atoms with Crippen molar-refractivity contribution in [2.45, 2.75) is 39.3 Å². The largest absolute Gasteiger partial charge is 0.342 e. The number of amidine groups is 1. The summed E-state index contributed by atoms with van der Waals surface area (Å²) in [5.74, 6) is 2.15. The van der Waals surface area contributed by atoms with Crippen LogP contribution in [0, 0.1) is 22.1 Å². The quantitative estimate of drug-likeness (QED) is 0.487. The Morgan fingerprint density at radius 2 is 1.97 bits per heavy atom. The second-order valence-corrected chi connectivity index (χ2v) is 7.50. The van der Waals surface area contributed by atoms with Crippen molar-refractivity contribution >= 4 is 23.7 Å². The van der Waals surface area contributed by atoms with Gasteiger partial charge in [0.05, 0.1) is 30.2 Å². The van der Waals surface area contributed by atoms with Crippen LogP contribution in [0.25, 0.3) is 17.3 Å². The number of aromatic nitrogens is 4. The smallest absolute Gasteiger partial charge is 0.237 e. The van der Waals surface area contributed by atoms with Gasteiger partial charge in [0.1, 0.15) is 17.3 Å². The number of imidazole rings is 1. The van der Waals surface area contributed by atoms with E-state index in [1.165, 1.54) is 4.90 Å². The average Bonchev–Trinajstić information content (AvgIpc) is 3.27. The Labute approximate surface area is 180 Å². The highest BCUT2D eigenvalue weighted by molar-refractivity contribution is 6.16. The lowest BCUT2D eigenvalue weighted by Crippen LogP contribution is -2.55. The fourth-order valence-corrected chi connectivity index (χ4v) is 3.91. The molecule has 3 heterocycles. The van der Waals surface area contributed by atoms with Gasteiger partial charge >= 0.3 is 0 Å². The van der Waals surface area contributed by atoms with Crippen LogP contribution in [-0.4, -0.2) is 43.8 Å². The number of nitrogens with one attached hydrogen (secondary N) is 2. The Morgan fingerprint density at radius 1 is 1.23 bits per heavy atom. The molecule has 0 saturated carbocycles. The van der Waals surface area contributed by atoms with E-state index in [-0.39, 0.29) is 12.1 Å². The van der Waals surface area contributed by atoms with Crippen molar-refractivity contribution in [1.29, 1.82) is 16.1 Å². The molecular weight excluding hydrogens is 390 g/mol. The van der Waals surface area contributed by atoms with Crippen LogP contribution >= 0.6 is 0 Å². The van der Waals surface area contributed by atoms with Gasteiger partial charge in [0.15, 0.2) is 5.82 Å². The zero-order valence-corrected chi connectivity index (χ0v) is 17.6. The summed E-state index contributed by atoms with van der Waals surface area (Å²) in [6, 6.07) is 9.25. The van der Waals surface area contributed by atoms with E-state index >= 15 is 0 Å². The van der Waals surface area contributed by atoms with Crippen molar-refractivity contribution in [3.05, 3.63) is 48.4 Å². The average molecular weight is 413 g/mol. The molecule has 0 fully saturated rings. The van der Waals surface area contributed by atoms with Gasteiger partial charge in [-0.15, -0.1) is 0 Å². The fraction of sp³-hybridized carbons (Fsp3) is 0.273. The van der Waals surface area contributed by atoms with Gasteiger partial charge in [-0.25, -0.2) is 9.97 Å². The van der Waals surface area contributed by atoms with Crippen LogP contribution in [0.4, 0.5) is 11.5 Å². The number of hydrogen-bond acceptors (Lipinski definition) is 7. The third-order valence-corrected chi connectivity index (χ3v) is 5.35. The van der Waals surface area contributed by atoms with E-state index in [9.17, 15) is 0 Å². The number of nitrogens with zero attached hydrogens (tertiary/aromatic N) is 7. The lowest BCUT2D eigenvalue weighted by Gasteiger charge is -2.44. The molecule has 0 aliphatic carbocycles. The highest BCUT2D eigenvalue weighted by atomic mass is 15.4. The van der Waals surface area contributed by atoms with Crippen molar-refractivity contribution in [2.75, 3.05) is 9.80 Å². The third-order valence-electron chi connectivity index (χ3n) is 5.35. The Morgan fingerprint density at radius 3 is 2.58 bits per heavy atom. The van der Waals surface area contributed by atoms with Gasteiger partial charge in [0, 0.05) is 24.0 Å². The maximum atomic E-state index is 9.05. The van der Waals surface area contributed by atoms with Crippen molar-refractivity contribution in [2.24, 2.45) is 0 Å². The van der Waals surface area contributed by atoms with Crippen LogP contribution in [0.3, 0.4) is 0 Å². The Kier molecular flexibility index (Phi) is 5.21. The first-order valence-electron chi connectivity index (χ1n) is 10.1. The molecule has 0 saturated heterocycles. The monoisotopic (exact) mass is 413 g/mol. The standard InChI is InChI=1S/C22H23N9/c1-4-17-19(25)30(13-24)18-12-27-22(28-21(18)31(17)14(2)3)29-10-9-26-20(29)16-7-5-15(11-23)6-8-16/h5-10,12-14,17,24-25H,4H2,1-3H3. The van der Waals surface area contributed by atoms with Crippen LogP contribution in [0.5, 0.6) is 0 Å². The van der Waals surface area contributed by atoms with Gasteiger partial charge in [0.25, 0.3) is 0 Å². The Balaban J connectivity index is 1.84. The number of benzene rings is 1. The molecule has 2 N–H and O–H groups in total. The van der Waals surface area contributed by atoms with Gasteiger partial charge in [0.2, 0.25) is 5.95 Å². The van der Waals surface area contributed by atoms with E-state index in [1.807, 2.05) is 19.1 Å². The minimum atomic E-state index is -0.183. The summed E-state index contributed by atoms with van der Waals surface area (Å²) in [6.07, 6.45) is 7.00. The fourth-order valence-electron chi connectivity index (χ4n) is 3.91. The van der Waals surface area contributed by atoms with Crippen LogP contribution in [0.2, 0.25) is 0 Å². The zero-order chi connectivity index (χ0) is 22.1. The first-order valence-corrected chi connectivity index (χ1v) is 10.1. The lowest BCUT2D eigenvalue weighted by molar-refractivity contribution is 0.596. The molecule has 9 nitrogen and oxygen atoms in total. The molecule has 156 valence electrons. The molecule has 1 unspecified atom stereocenters. The maximum Gasteiger partial charge on any atom is 0.237 e. The van der Waals surface area contributed by atoms with Crippen molar-refractivity contribution in [3.8, 4) is 23.4 Å². The summed E-state index contributed by atoms with van der Waals surface area (Å²) in [7, 11) is 0. The molecule has 1 aliphatic rings. The topological polar surface area (TPSA) is 122 Å². The summed E-state index contributed by atoms with van der Waals surface area (Å²) in [4.78, 5) is 17.5. The van der Waals surface area contributed by atoms with Gasteiger partial charge in [-0.05, 0) is 44.5 Å². The summed E-state index contributed by atoms with van der Waals surface area (Å²) in [5.41, 5.74) is 2.04. The Bertz CT molecular complexity index is 1170. The zero-order valence-electron chi connectivity index (χ0n) is 17.6. The SMILES string of the molecule is CCC1C(=N)N(C=N)c2cnc(-n3ccnc3-c3ccc(C#N)cc3)nc2N1C(C)C. The number of rotatable bonds is 5. The van der Waals surface area contributed by atoms with E-state index in [2.05, 4.69) is 34.8 Å². The molecule has 9 heteroatoms. The van der Waals surface area contributed by atoms with E-state index in [0.717, 1.165) is 18.3 Å². The second-order valence-electron chi connectivity index (χ2n) is 7.50. The molecular formula is C22H23N9. The molecule has 0 spiro atoms. The van der Waals surface area contributed by atoms with Gasteiger partial charge in [-0.3, -0.25) is 20.3 Å². The number of nitriles is 1. The second kappa shape index (κ2) is 7.99. The minimum absolute atomic E-state index is 0.112. The van der Waals surface area contributed by atoms with Crippen LogP contribution < -0.4 is 9.80 Å². The van der Waals surface area contributed by atoms with E-state index in [0.29, 0.717) is 34.7 Å². The maximum absolute atomic E-state index is 9.05. The van der Waals surface area contributed by atoms with Gasteiger partial charge in [-0.1, -0.05) is 6.92 Å². The first kappa shape index (κ1) is 20.2. The molecule has 4 rings (SSSR count). The molecule has 31 heavy (non-hydrogen) atoms. The predicted octanol–water partition coefficient (Wildman–Crippen LogP) is 3.60. The summed E-state index contributed by atoms with van der Waals surface area (Å²) < 4.78 is 1.80. The molecule has 0 amide bonds. The van der Waals surface area contributed by atoms with Crippen molar-refractivity contribution < 1.29 is 0 Å². The summed E-state index contributed by atoms with van der Waals surface area (Å²) in [6.45, 7) is 6.17. The van der Waals surface area contributed by atoms with Crippen LogP contribution in [-0.2, 0) is 0 Å². The number of anilines is 2. The highest BCUT2D eigenvalue weighted by Gasteiger charge is 2.37. The molecule has 1 aromatic carbocycles. The lowest BCUT2D eigenvalue weighted by atomic mass is 10.0. The highest BCUT2D eigenvalue weighted by Crippen LogP contribution is 2.36. The van der Waals surface area contributed by atoms with E-state index in [4.69, 9.17) is 21.1 Å². The molecule has 1 atom stereocenters. The van der Waals surface area contributed by atoms with Gasteiger partial charge in [-0.2, -0.15) is 10.2 Å². The normalized spacial score (nSPS) is 15.7. The van der Waals surface area contributed by atoms with Crippen molar-refractivity contribution in [3.63, 3.8) is 0 Å². The first-order chi connectivity index (χ1) is 15.0. The molecule has 0 bridgehead atoms. The molecule has 2 aromatic heterocycles. The van der Waals surface area contributed by atoms with Crippen molar-refractivity contribution in [1.82, 2.24) is 19.5 Å². The van der Waals surface area contributed by atoms with E-state index < -0.39 is 0 Å². The molecule has 0 radical (unpaired) electrons. The number of fused-ring (bicyclic) bond motifs is 1. The minimum Gasteiger partial charge on any atom is -0.342 e. The summed E-state index contributed by atoms with van der Waals surface area (Å²) >= 11 is 0. The molecule has 3 aromatic rings. The number of hydrogen-bond donors (Lipinski definition) is 2. The Hall–Kier alpha value is -4.06. The summed E-state index contributed by atoms with van der Waals surface area (Å²) in [5, 5.41) is 25.4. The van der Waals surface area contributed by atoms with Gasteiger partial charge < -0.3 is 4.90 Å².